The summed E-state index contributed by atoms with van der Waals surface area (Å²) in [6.45, 7) is 11.1. The van der Waals surface area contributed by atoms with Crippen LogP contribution in [0, 0.1) is 6.92 Å². The van der Waals surface area contributed by atoms with E-state index in [1.54, 1.807) is 24.3 Å². The minimum Gasteiger partial charge on any atom is -0.507 e. The van der Waals surface area contributed by atoms with Crippen molar-refractivity contribution in [3.63, 3.8) is 0 Å². The van der Waals surface area contributed by atoms with Gasteiger partial charge in [0.1, 0.15) is 17.3 Å². The lowest BCUT2D eigenvalue weighted by Gasteiger charge is -2.28. The number of ketones is 1. The number of hydrogen-bond donors (Lipinski definition) is 2. The third-order valence-electron chi connectivity index (χ3n) is 6.17. The van der Waals surface area contributed by atoms with Gasteiger partial charge in [-0.1, -0.05) is 44.5 Å². The number of aromatic hydroxyl groups is 1. The van der Waals surface area contributed by atoms with Crippen LogP contribution in [0.15, 0.2) is 48.0 Å². The molecular formula is C27H34N2O5. The van der Waals surface area contributed by atoms with Gasteiger partial charge in [-0.05, 0) is 56.3 Å². The second-order valence-corrected chi connectivity index (χ2v) is 8.46. The first-order chi connectivity index (χ1) is 16.3. The molecule has 1 amide bonds. The number of likely N-dealkylation sites (N-methyl/N-ethyl adjacent to an activating group) is 1. The summed E-state index contributed by atoms with van der Waals surface area (Å²) in [5, 5.41) is 21.6. The van der Waals surface area contributed by atoms with Crippen molar-refractivity contribution in [1.29, 1.82) is 0 Å². The number of hydrogen-bond acceptors (Lipinski definition) is 6. The number of carbonyl (C=O) groups excluding carboxylic acids is 2. The minimum absolute atomic E-state index is 0.0207. The highest BCUT2D eigenvalue weighted by atomic mass is 16.5. The van der Waals surface area contributed by atoms with E-state index in [4.69, 9.17) is 4.74 Å². The average molecular weight is 467 g/mol. The normalized spacial score (nSPS) is 17.6. The van der Waals surface area contributed by atoms with E-state index in [0.29, 0.717) is 31.0 Å². The third-order valence-corrected chi connectivity index (χ3v) is 6.17. The number of aryl methyl sites for hydroxylation is 1. The first kappa shape index (κ1) is 25.3. The van der Waals surface area contributed by atoms with Gasteiger partial charge in [0.25, 0.3) is 11.7 Å². The Balaban J connectivity index is 2.09. The number of likely N-dealkylation sites (tertiary alicyclic amines) is 1. The van der Waals surface area contributed by atoms with E-state index >= 15 is 0 Å². The molecule has 2 aromatic carbocycles. The predicted octanol–water partition coefficient (Wildman–Crippen LogP) is 4.25. The van der Waals surface area contributed by atoms with Crippen LogP contribution in [0.25, 0.3) is 5.76 Å². The third kappa shape index (κ3) is 5.25. The fourth-order valence-corrected chi connectivity index (χ4v) is 4.20. The van der Waals surface area contributed by atoms with Crippen molar-refractivity contribution in [1.82, 2.24) is 9.80 Å². The van der Waals surface area contributed by atoms with Gasteiger partial charge in [-0.2, -0.15) is 0 Å². The second-order valence-electron chi connectivity index (χ2n) is 8.46. The molecule has 0 radical (unpaired) electrons. The summed E-state index contributed by atoms with van der Waals surface area (Å²) in [4.78, 5) is 30.0. The van der Waals surface area contributed by atoms with Crippen LogP contribution in [0.3, 0.4) is 0 Å². The lowest BCUT2D eigenvalue weighted by atomic mass is 9.94. The minimum atomic E-state index is -0.768. The number of Topliss-reactive ketones (excluding diaryl/α,β-unsaturated/α-hetero) is 1. The van der Waals surface area contributed by atoms with Crippen LogP contribution in [-0.4, -0.2) is 64.5 Å². The quantitative estimate of drug-likeness (QED) is 0.309. The predicted molar refractivity (Wildman–Crippen MR) is 132 cm³/mol. The van der Waals surface area contributed by atoms with Crippen molar-refractivity contribution in [2.75, 3.05) is 32.8 Å². The van der Waals surface area contributed by atoms with Crippen molar-refractivity contribution < 1.29 is 24.5 Å². The van der Waals surface area contributed by atoms with Gasteiger partial charge in [-0.15, -0.1) is 0 Å². The van der Waals surface area contributed by atoms with Crippen molar-refractivity contribution in [3.05, 3.63) is 64.7 Å². The Labute approximate surface area is 201 Å². The van der Waals surface area contributed by atoms with Crippen LogP contribution in [0.5, 0.6) is 11.5 Å². The highest BCUT2D eigenvalue weighted by Gasteiger charge is 2.46. The fraction of sp³-hybridized carbons (Fsp3) is 0.407. The molecule has 0 unspecified atom stereocenters. The van der Waals surface area contributed by atoms with Gasteiger partial charge < -0.3 is 24.7 Å². The van der Waals surface area contributed by atoms with E-state index < -0.39 is 17.7 Å². The molecule has 1 heterocycles. The van der Waals surface area contributed by atoms with Gasteiger partial charge in [0, 0.05) is 13.1 Å². The van der Waals surface area contributed by atoms with Crippen LogP contribution >= 0.6 is 0 Å². The number of aliphatic hydroxyl groups is 1. The Kier molecular flexibility index (Phi) is 8.34. The number of phenolic OH excluding ortho intramolecular Hbond substituents is 1. The Hall–Kier alpha value is -3.32. The summed E-state index contributed by atoms with van der Waals surface area (Å²) in [7, 11) is 0. The van der Waals surface area contributed by atoms with E-state index in [9.17, 15) is 19.8 Å². The zero-order chi connectivity index (χ0) is 24.8. The smallest absolute Gasteiger partial charge is 0.295 e. The fourth-order valence-electron chi connectivity index (χ4n) is 4.20. The number of carbonyl (C=O) groups is 2. The number of nitrogens with zero attached hydrogens (tertiary/aromatic N) is 2. The molecule has 2 aromatic rings. The zero-order valence-electron chi connectivity index (χ0n) is 20.4. The number of aliphatic hydroxyl groups excluding tert-OH is 1. The maximum Gasteiger partial charge on any atom is 0.295 e. The molecule has 2 N–H and O–H groups in total. The largest absolute Gasteiger partial charge is 0.507 e. The van der Waals surface area contributed by atoms with Gasteiger partial charge in [0.05, 0.1) is 23.8 Å². The Morgan fingerprint density at radius 1 is 1.06 bits per heavy atom. The first-order valence-electron chi connectivity index (χ1n) is 11.9. The molecule has 1 saturated heterocycles. The highest BCUT2D eigenvalue weighted by Crippen LogP contribution is 2.41. The molecule has 0 bridgehead atoms. The lowest BCUT2D eigenvalue weighted by molar-refractivity contribution is -0.140. The van der Waals surface area contributed by atoms with E-state index in [-0.39, 0.29) is 22.6 Å². The molecule has 3 rings (SSSR count). The average Bonchev–Trinajstić information content (AvgIpc) is 3.09. The molecule has 7 nitrogen and oxygen atoms in total. The van der Waals surface area contributed by atoms with Crippen molar-refractivity contribution in [3.8, 4) is 11.5 Å². The summed E-state index contributed by atoms with van der Waals surface area (Å²) >= 11 is 0. The van der Waals surface area contributed by atoms with Crippen LogP contribution in [-0.2, 0) is 9.59 Å². The van der Waals surface area contributed by atoms with Crippen LogP contribution in [0.1, 0.15) is 49.9 Å². The van der Waals surface area contributed by atoms with E-state index in [0.717, 1.165) is 25.1 Å². The number of benzene rings is 2. The first-order valence-corrected chi connectivity index (χ1v) is 11.9. The maximum absolute atomic E-state index is 13.2. The molecule has 0 spiro atoms. The Morgan fingerprint density at radius 2 is 1.74 bits per heavy atom. The van der Waals surface area contributed by atoms with Crippen molar-refractivity contribution >= 4 is 17.4 Å². The molecule has 1 aliphatic rings. The topological polar surface area (TPSA) is 90.3 Å². The summed E-state index contributed by atoms with van der Waals surface area (Å²) in [5.41, 5.74) is 1.61. The van der Waals surface area contributed by atoms with Gasteiger partial charge in [-0.3, -0.25) is 9.59 Å². The van der Waals surface area contributed by atoms with Crippen LogP contribution < -0.4 is 4.74 Å². The Morgan fingerprint density at radius 3 is 2.35 bits per heavy atom. The molecule has 0 saturated carbocycles. The van der Waals surface area contributed by atoms with Crippen molar-refractivity contribution in [2.24, 2.45) is 0 Å². The number of amides is 1. The summed E-state index contributed by atoms with van der Waals surface area (Å²) < 4.78 is 5.67. The Bertz CT molecular complexity index is 1060. The molecule has 34 heavy (non-hydrogen) atoms. The molecular weight excluding hydrogens is 432 g/mol. The molecule has 1 aliphatic heterocycles. The number of ether oxygens (including phenoxy) is 1. The summed E-state index contributed by atoms with van der Waals surface area (Å²) in [5.74, 6) is -1.24. The zero-order valence-corrected chi connectivity index (χ0v) is 20.4. The SMILES string of the molecule is CCCOc1ccc([C@H]2C(=C(O)c3cc(C)ccc3O)C(=O)C(=O)N2CCN(CC)CC)cc1. The maximum atomic E-state index is 13.2. The standard InChI is InChI=1S/C27H34N2O5/c1-5-16-34-20-11-9-19(10-12-20)24-23(25(31)21-17-18(4)8-13-22(21)30)26(32)27(33)29(24)15-14-28(6-2)7-3/h8-13,17,24,30-31H,5-7,14-16H2,1-4H3/t24-/m0/s1. The number of phenols is 1. The van der Waals surface area contributed by atoms with Gasteiger partial charge in [-0.25, -0.2) is 0 Å². The molecule has 182 valence electrons. The summed E-state index contributed by atoms with van der Waals surface area (Å²) in [6, 6.07) is 11.3. The van der Waals surface area contributed by atoms with E-state index in [1.165, 1.54) is 11.0 Å². The van der Waals surface area contributed by atoms with E-state index in [2.05, 4.69) is 4.90 Å². The molecule has 0 aromatic heterocycles. The molecule has 1 atom stereocenters. The molecule has 7 heteroatoms. The monoisotopic (exact) mass is 466 g/mol. The van der Waals surface area contributed by atoms with Gasteiger partial charge in [0.2, 0.25) is 0 Å². The van der Waals surface area contributed by atoms with Crippen LogP contribution in [0.2, 0.25) is 0 Å². The number of rotatable bonds is 10. The van der Waals surface area contributed by atoms with Crippen LogP contribution in [0.4, 0.5) is 0 Å². The molecule has 1 fully saturated rings. The second kappa shape index (κ2) is 11.2. The summed E-state index contributed by atoms with van der Waals surface area (Å²) in [6.07, 6.45) is 0.882. The highest BCUT2D eigenvalue weighted by molar-refractivity contribution is 6.46. The van der Waals surface area contributed by atoms with Gasteiger partial charge >= 0.3 is 0 Å². The lowest BCUT2D eigenvalue weighted by Crippen LogP contribution is -2.38. The molecule has 0 aliphatic carbocycles. The van der Waals surface area contributed by atoms with E-state index in [1.807, 2.05) is 39.8 Å². The van der Waals surface area contributed by atoms with Crippen molar-refractivity contribution in [2.45, 2.75) is 40.2 Å². The van der Waals surface area contributed by atoms with Gasteiger partial charge in [0.15, 0.2) is 0 Å².